The number of rotatable bonds is 2. The fraction of sp³-hybridized carbons (Fsp3) is 0. The Morgan fingerprint density at radius 3 is 2.37 bits per heavy atom. The molecule has 19 heavy (non-hydrogen) atoms. The third-order valence-electron chi connectivity index (χ3n) is 2.98. The summed E-state index contributed by atoms with van der Waals surface area (Å²) in [4.78, 5) is 0. The second-order valence-corrected chi connectivity index (χ2v) is 4.23. The van der Waals surface area contributed by atoms with Crippen LogP contribution in [-0.4, -0.2) is 0 Å². The van der Waals surface area contributed by atoms with Crippen molar-refractivity contribution < 1.29 is 9.13 Å². The molecule has 0 saturated carbocycles. The number of hydrogen-bond acceptors (Lipinski definition) is 2. The predicted octanol–water partition coefficient (Wildman–Crippen LogP) is 4.35. The number of fused-ring (bicyclic) bond motifs is 1. The maximum atomic E-state index is 13.4. The lowest BCUT2D eigenvalue weighted by Crippen LogP contribution is -1.95. The number of nitrogens with two attached hydrogens (primary N) is 1. The molecule has 3 heteroatoms. The maximum absolute atomic E-state index is 13.4. The lowest BCUT2D eigenvalue weighted by molar-refractivity contribution is 0.485. The zero-order valence-corrected chi connectivity index (χ0v) is 10.1. The summed E-state index contributed by atoms with van der Waals surface area (Å²) in [5.41, 5.74) is 5.70. The van der Waals surface area contributed by atoms with Crippen molar-refractivity contribution in [2.45, 2.75) is 0 Å². The van der Waals surface area contributed by atoms with Gasteiger partial charge in [0.15, 0.2) is 5.75 Å². The van der Waals surface area contributed by atoms with E-state index in [0.29, 0.717) is 11.5 Å². The lowest BCUT2D eigenvalue weighted by Gasteiger charge is -2.11. The highest BCUT2D eigenvalue weighted by molar-refractivity contribution is 5.88. The molecule has 2 N–H and O–H groups in total. The molecule has 2 nitrogen and oxygen atoms in total. The number of anilines is 1. The van der Waals surface area contributed by atoms with Gasteiger partial charge in [-0.3, -0.25) is 0 Å². The zero-order chi connectivity index (χ0) is 13.2. The number of halogens is 1. The van der Waals surface area contributed by atoms with E-state index in [9.17, 15) is 4.39 Å². The first-order valence-electron chi connectivity index (χ1n) is 5.95. The molecule has 3 rings (SSSR count). The standard InChI is InChI=1S/C16H12FNO/c17-13-8-4-10-15(16(13)18)19-14-9-3-6-11-5-1-2-7-12(11)14/h1-10H,18H2. The first-order chi connectivity index (χ1) is 9.25. The van der Waals surface area contributed by atoms with E-state index in [2.05, 4.69) is 0 Å². The van der Waals surface area contributed by atoms with Crippen LogP contribution in [0.15, 0.2) is 60.7 Å². The smallest absolute Gasteiger partial charge is 0.153 e. The molecule has 0 spiro atoms. The molecule has 0 aliphatic carbocycles. The molecular weight excluding hydrogens is 241 g/mol. The first kappa shape index (κ1) is 11.5. The minimum absolute atomic E-state index is 0.0236. The van der Waals surface area contributed by atoms with Gasteiger partial charge < -0.3 is 10.5 Å². The van der Waals surface area contributed by atoms with Gasteiger partial charge in [-0.1, -0.05) is 42.5 Å². The molecule has 0 aliphatic heterocycles. The van der Waals surface area contributed by atoms with Gasteiger partial charge in [-0.25, -0.2) is 4.39 Å². The van der Waals surface area contributed by atoms with Crippen molar-refractivity contribution in [1.82, 2.24) is 0 Å². The molecule has 0 bridgehead atoms. The van der Waals surface area contributed by atoms with Crippen LogP contribution in [0.5, 0.6) is 11.5 Å². The molecule has 0 fully saturated rings. The highest BCUT2D eigenvalue weighted by Crippen LogP contribution is 2.33. The zero-order valence-electron chi connectivity index (χ0n) is 10.1. The van der Waals surface area contributed by atoms with Crippen molar-refractivity contribution >= 4 is 16.5 Å². The summed E-state index contributed by atoms with van der Waals surface area (Å²) in [6.45, 7) is 0. The van der Waals surface area contributed by atoms with Gasteiger partial charge in [-0.15, -0.1) is 0 Å². The summed E-state index contributed by atoms with van der Waals surface area (Å²) in [5, 5.41) is 2.03. The molecule has 0 amide bonds. The molecule has 0 aromatic heterocycles. The Kier molecular flexibility index (Phi) is 2.80. The van der Waals surface area contributed by atoms with Crippen LogP contribution >= 0.6 is 0 Å². The number of ether oxygens (including phenoxy) is 1. The van der Waals surface area contributed by atoms with Crippen molar-refractivity contribution in [2.75, 3.05) is 5.73 Å². The fourth-order valence-electron chi connectivity index (χ4n) is 2.01. The Morgan fingerprint density at radius 1 is 0.789 bits per heavy atom. The third-order valence-corrected chi connectivity index (χ3v) is 2.98. The van der Waals surface area contributed by atoms with Gasteiger partial charge in [0.05, 0.1) is 0 Å². The van der Waals surface area contributed by atoms with Gasteiger partial charge >= 0.3 is 0 Å². The second-order valence-electron chi connectivity index (χ2n) is 4.23. The topological polar surface area (TPSA) is 35.2 Å². The molecule has 0 unspecified atom stereocenters. The molecule has 0 heterocycles. The third kappa shape index (κ3) is 2.10. The molecule has 0 radical (unpaired) electrons. The molecule has 0 aliphatic rings. The summed E-state index contributed by atoms with van der Waals surface area (Å²) in [6, 6.07) is 18.1. The molecule has 3 aromatic carbocycles. The van der Waals surface area contributed by atoms with E-state index >= 15 is 0 Å². The Bertz CT molecular complexity index is 734. The molecule has 0 atom stereocenters. The normalized spacial score (nSPS) is 10.6. The summed E-state index contributed by atoms with van der Waals surface area (Å²) < 4.78 is 19.1. The van der Waals surface area contributed by atoms with E-state index in [1.807, 2.05) is 42.5 Å². The molecule has 94 valence electrons. The Labute approximate surface area is 110 Å². The first-order valence-corrected chi connectivity index (χ1v) is 5.95. The van der Waals surface area contributed by atoms with Crippen LogP contribution in [0.25, 0.3) is 10.8 Å². The Morgan fingerprint density at radius 2 is 1.47 bits per heavy atom. The Hall–Kier alpha value is -2.55. The van der Waals surface area contributed by atoms with Crippen LogP contribution in [0.3, 0.4) is 0 Å². The van der Waals surface area contributed by atoms with Gasteiger partial charge in [0.1, 0.15) is 17.3 Å². The largest absolute Gasteiger partial charge is 0.454 e. The monoisotopic (exact) mass is 253 g/mol. The molecular formula is C16H12FNO. The minimum atomic E-state index is -0.474. The van der Waals surface area contributed by atoms with Gasteiger partial charge in [0.2, 0.25) is 0 Å². The Balaban J connectivity index is 2.09. The summed E-state index contributed by atoms with van der Waals surface area (Å²) in [5.74, 6) is 0.518. The van der Waals surface area contributed by atoms with E-state index < -0.39 is 5.82 Å². The number of para-hydroxylation sites is 1. The van der Waals surface area contributed by atoms with E-state index in [1.54, 1.807) is 12.1 Å². The van der Waals surface area contributed by atoms with Crippen LogP contribution < -0.4 is 10.5 Å². The average molecular weight is 253 g/mol. The van der Waals surface area contributed by atoms with E-state index in [4.69, 9.17) is 10.5 Å². The highest BCUT2D eigenvalue weighted by Gasteiger charge is 2.08. The van der Waals surface area contributed by atoms with Crippen molar-refractivity contribution in [2.24, 2.45) is 0 Å². The van der Waals surface area contributed by atoms with Gasteiger partial charge in [0.25, 0.3) is 0 Å². The maximum Gasteiger partial charge on any atom is 0.153 e. The summed E-state index contributed by atoms with van der Waals surface area (Å²) in [6.07, 6.45) is 0. The minimum Gasteiger partial charge on any atom is -0.454 e. The quantitative estimate of drug-likeness (QED) is 0.689. The van der Waals surface area contributed by atoms with Gasteiger partial charge in [-0.05, 0) is 23.6 Å². The van der Waals surface area contributed by atoms with Crippen molar-refractivity contribution in [3.8, 4) is 11.5 Å². The molecule has 3 aromatic rings. The van der Waals surface area contributed by atoms with Crippen LogP contribution in [0, 0.1) is 5.82 Å². The molecule has 0 saturated heterocycles. The predicted molar refractivity (Wildman–Crippen MR) is 74.8 cm³/mol. The highest BCUT2D eigenvalue weighted by atomic mass is 19.1. The van der Waals surface area contributed by atoms with Crippen molar-refractivity contribution in [3.63, 3.8) is 0 Å². The summed E-state index contributed by atoms with van der Waals surface area (Å²) in [7, 11) is 0. The van der Waals surface area contributed by atoms with Gasteiger partial charge in [-0.2, -0.15) is 0 Å². The number of nitrogen functional groups attached to an aromatic ring is 1. The second kappa shape index (κ2) is 4.61. The number of hydrogen-bond donors (Lipinski definition) is 1. The lowest BCUT2D eigenvalue weighted by atomic mass is 10.1. The van der Waals surface area contributed by atoms with Gasteiger partial charge in [0, 0.05) is 5.39 Å². The van der Waals surface area contributed by atoms with Crippen molar-refractivity contribution in [3.05, 3.63) is 66.5 Å². The van der Waals surface area contributed by atoms with Crippen molar-refractivity contribution in [1.29, 1.82) is 0 Å². The summed E-state index contributed by atoms with van der Waals surface area (Å²) >= 11 is 0. The van der Waals surface area contributed by atoms with E-state index in [-0.39, 0.29) is 5.69 Å². The average Bonchev–Trinajstić information content (AvgIpc) is 2.44. The van der Waals surface area contributed by atoms with E-state index in [1.165, 1.54) is 6.07 Å². The van der Waals surface area contributed by atoms with Crippen LogP contribution in [0.1, 0.15) is 0 Å². The van der Waals surface area contributed by atoms with Crippen LogP contribution in [-0.2, 0) is 0 Å². The van der Waals surface area contributed by atoms with Crippen LogP contribution in [0.4, 0.5) is 10.1 Å². The SMILES string of the molecule is Nc1c(F)cccc1Oc1cccc2ccccc12. The number of benzene rings is 3. The fourth-order valence-corrected chi connectivity index (χ4v) is 2.01. The van der Waals surface area contributed by atoms with Crippen LogP contribution in [0.2, 0.25) is 0 Å². The van der Waals surface area contributed by atoms with E-state index in [0.717, 1.165) is 10.8 Å².